The molecule has 0 saturated carbocycles. The third-order valence-electron chi connectivity index (χ3n) is 4.13. The van der Waals surface area contributed by atoms with Gasteiger partial charge < -0.3 is 19.5 Å². The largest absolute Gasteiger partial charge is 0.493 e. The van der Waals surface area contributed by atoms with Crippen molar-refractivity contribution in [1.29, 1.82) is 0 Å². The van der Waals surface area contributed by atoms with Crippen molar-refractivity contribution >= 4 is 32.5 Å². The quantitative estimate of drug-likeness (QED) is 0.581. The fraction of sp³-hybridized carbons (Fsp3) is 0.278. The maximum Gasteiger partial charge on any atom is 0.225 e. The Kier molecular flexibility index (Phi) is 5.87. The molecule has 1 N–H and O–H groups in total. The van der Waals surface area contributed by atoms with Gasteiger partial charge in [-0.2, -0.15) is 0 Å². The van der Waals surface area contributed by atoms with Crippen LogP contribution in [-0.4, -0.2) is 51.7 Å². The van der Waals surface area contributed by atoms with E-state index in [0.29, 0.717) is 28.5 Å². The van der Waals surface area contributed by atoms with Crippen molar-refractivity contribution in [2.75, 3.05) is 32.4 Å². The lowest BCUT2D eigenvalue weighted by molar-refractivity contribution is -0.115. The van der Waals surface area contributed by atoms with Gasteiger partial charge in [0.05, 0.1) is 32.0 Å². The van der Waals surface area contributed by atoms with Gasteiger partial charge in [-0.3, -0.25) is 4.79 Å². The average Bonchev–Trinajstić information content (AvgIpc) is 3.20. The number of hydrogen-bond acceptors (Lipinski definition) is 9. The van der Waals surface area contributed by atoms with Gasteiger partial charge >= 0.3 is 0 Å². The van der Waals surface area contributed by atoms with E-state index in [2.05, 4.69) is 20.3 Å². The van der Waals surface area contributed by atoms with E-state index in [0.717, 1.165) is 0 Å². The average molecular weight is 421 g/mol. The predicted octanol–water partition coefficient (Wildman–Crippen LogP) is 2.05. The molecule has 0 spiro atoms. The van der Waals surface area contributed by atoms with Gasteiger partial charge in [0.25, 0.3) is 0 Å². The van der Waals surface area contributed by atoms with Gasteiger partial charge in [0.1, 0.15) is 5.52 Å². The van der Waals surface area contributed by atoms with E-state index in [1.807, 2.05) is 0 Å². The lowest BCUT2D eigenvalue weighted by Gasteiger charge is -2.14. The maximum absolute atomic E-state index is 12.6. The molecule has 0 unspecified atom stereocenters. The van der Waals surface area contributed by atoms with E-state index >= 15 is 0 Å². The number of nitrogens with zero attached hydrogens (tertiary/aromatic N) is 2. The number of carbonyl (C=O) groups is 1. The summed E-state index contributed by atoms with van der Waals surface area (Å²) in [7, 11) is 0.600. The number of methoxy groups -OCH3 is 3. The third-order valence-corrected chi connectivity index (χ3v) is 5.87. The standard InChI is InChI=1S/C18H19N3O7S/c1-25-13-9-11(10-14(26-2)18(13)27-3)19-16(22)7-8-29(23,24)15-6-4-5-12-17(15)21-28-20-12/h4-6,9-10H,7-8H2,1-3H3,(H,19,22). The first-order valence-electron chi connectivity index (χ1n) is 8.43. The van der Waals surface area contributed by atoms with Crippen LogP contribution in [0.15, 0.2) is 39.9 Å². The first kappa shape index (κ1) is 20.4. The summed E-state index contributed by atoms with van der Waals surface area (Å²) in [6.07, 6.45) is -0.263. The molecule has 10 nitrogen and oxygen atoms in total. The minimum atomic E-state index is -3.77. The predicted molar refractivity (Wildman–Crippen MR) is 103 cm³/mol. The number of anilines is 1. The van der Waals surface area contributed by atoms with Crippen molar-refractivity contribution in [1.82, 2.24) is 10.3 Å². The van der Waals surface area contributed by atoms with Crippen LogP contribution in [0.2, 0.25) is 0 Å². The zero-order valence-corrected chi connectivity index (χ0v) is 16.8. The molecule has 0 atom stereocenters. The first-order chi connectivity index (χ1) is 13.9. The second-order valence-electron chi connectivity index (χ2n) is 5.92. The van der Waals surface area contributed by atoms with Crippen LogP contribution in [0.1, 0.15) is 6.42 Å². The van der Waals surface area contributed by atoms with E-state index in [-0.39, 0.29) is 16.8 Å². The van der Waals surface area contributed by atoms with Gasteiger partial charge in [0.15, 0.2) is 26.9 Å². The SMILES string of the molecule is COc1cc(NC(=O)CCS(=O)(=O)c2cccc3nonc23)cc(OC)c1OC. The highest BCUT2D eigenvalue weighted by Crippen LogP contribution is 2.39. The van der Waals surface area contributed by atoms with Crippen LogP contribution in [0.5, 0.6) is 17.2 Å². The summed E-state index contributed by atoms with van der Waals surface area (Å²) in [5.41, 5.74) is 0.843. The molecule has 0 aliphatic carbocycles. The number of benzene rings is 2. The van der Waals surface area contributed by atoms with Crippen molar-refractivity contribution in [3.05, 3.63) is 30.3 Å². The first-order valence-corrected chi connectivity index (χ1v) is 10.1. The number of nitrogens with one attached hydrogen (secondary N) is 1. The Labute approximate surface area is 166 Å². The Morgan fingerprint density at radius 3 is 2.38 bits per heavy atom. The second-order valence-corrected chi connectivity index (χ2v) is 8.00. The molecule has 154 valence electrons. The lowest BCUT2D eigenvalue weighted by atomic mass is 10.2. The summed E-state index contributed by atoms with van der Waals surface area (Å²) in [4.78, 5) is 12.3. The normalized spacial score (nSPS) is 11.3. The molecule has 3 rings (SSSR count). The molecule has 0 saturated heterocycles. The molecule has 1 heterocycles. The molecule has 29 heavy (non-hydrogen) atoms. The molecule has 3 aromatic rings. The van der Waals surface area contributed by atoms with Gasteiger partial charge in [-0.25, -0.2) is 13.0 Å². The summed E-state index contributed by atoms with van der Waals surface area (Å²) >= 11 is 0. The lowest BCUT2D eigenvalue weighted by Crippen LogP contribution is -2.17. The van der Waals surface area contributed by atoms with E-state index < -0.39 is 21.5 Å². The fourth-order valence-electron chi connectivity index (χ4n) is 2.75. The number of amides is 1. The number of aromatic nitrogens is 2. The van der Waals surface area contributed by atoms with Gasteiger partial charge in [0.2, 0.25) is 11.7 Å². The van der Waals surface area contributed by atoms with Crippen molar-refractivity contribution in [2.45, 2.75) is 11.3 Å². The number of carbonyl (C=O) groups excluding carboxylic acids is 1. The molecular formula is C18H19N3O7S. The minimum absolute atomic E-state index is 0.0307. The van der Waals surface area contributed by atoms with Gasteiger partial charge in [0, 0.05) is 24.2 Å². The van der Waals surface area contributed by atoms with Crippen LogP contribution in [-0.2, 0) is 14.6 Å². The summed E-state index contributed by atoms with van der Waals surface area (Å²) in [6.45, 7) is 0. The summed E-state index contributed by atoms with van der Waals surface area (Å²) in [5, 5.41) is 9.89. The van der Waals surface area contributed by atoms with Crippen LogP contribution in [0, 0.1) is 0 Å². The second kappa shape index (κ2) is 8.35. The van der Waals surface area contributed by atoms with Crippen LogP contribution in [0.25, 0.3) is 11.0 Å². The van der Waals surface area contributed by atoms with Gasteiger partial charge in [-0.05, 0) is 22.4 Å². The monoisotopic (exact) mass is 421 g/mol. The topological polar surface area (TPSA) is 130 Å². The number of sulfone groups is 1. The smallest absolute Gasteiger partial charge is 0.225 e. The molecule has 0 radical (unpaired) electrons. The molecule has 2 aromatic carbocycles. The number of fused-ring (bicyclic) bond motifs is 1. The van der Waals surface area contributed by atoms with Crippen molar-refractivity contribution in [3.63, 3.8) is 0 Å². The maximum atomic E-state index is 12.6. The summed E-state index contributed by atoms with van der Waals surface area (Å²) in [6, 6.07) is 7.63. The molecule has 0 fully saturated rings. The zero-order valence-electron chi connectivity index (χ0n) is 16.0. The Balaban J connectivity index is 1.74. The van der Waals surface area contributed by atoms with Gasteiger partial charge in [-0.15, -0.1) is 0 Å². The van der Waals surface area contributed by atoms with Crippen molar-refractivity contribution in [3.8, 4) is 17.2 Å². The number of ether oxygens (including phenoxy) is 3. The van der Waals surface area contributed by atoms with Crippen LogP contribution in [0.4, 0.5) is 5.69 Å². The van der Waals surface area contributed by atoms with Crippen LogP contribution in [0.3, 0.4) is 0 Å². The summed E-state index contributed by atoms with van der Waals surface area (Å²) < 4.78 is 45.6. The molecule has 0 aliphatic rings. The Bertz CT molecular complexity index is 1120. The van der Waals surface area contributed by atoms with Gasteiger partial charge in [-0.1, -0.05) is 6.07 Å². The molecular weight excluding hydrogens is 402 g/mol. The van der Waals surface area contributed by atoms with E-state index in [9.17, 15) is 13.2 Å². The Morgan fingerprint density at radius 2 is 1.76 bits per heavy atom. The number of hydrogen-bond donors (Lipinski definition) is 1. The highest BCUT2D eigenvalue weighted by molar-refractivity contribution is 7.91. The Morgan fingerprint density at radius 1 is 1.07 bits per heavy atom. The molecule has 0 bridgehead atoms. The molecule has 0 aliphatic heterocycles. The fourth-order valence-corrected chi connectivity index (χ4v) is 4.14. The zero-order chi connectivity index (χ0) is 21.0. The molecule has 1 aromatic heterocycles. The Hall–Kier alpha value is -3.34. The summed E-state index contributed by atoms with van der Waals surface area (Å²) in [5.74, 6) is 0.202. The minimum Gasteiger partial charge on any atom is -0.493 e. The van der Waals surface area contributed by atoms with Crippen molar-refractivity contribution in [2.24, 2.45) is 0 Å². The number of rotatable bonds is 8. The van der Waals surface area contributed by atoms with E-state index in [4.69, 9.17) is 14.2 Å². The van der Waals surface area contributed by atoms with Crippen LogP contribution < -0.4 is 19.5 Å². The molecule has 1 amide bonds. The van der Waals surface area contributed by atoms with E-state index in [1.54, 1.807) is 18.2 Å². The van der Waals surface area contributed by atoms with Crippen LogP contribution >= 0.6 is 0 Å². The highest BCUT2D eigenvalue weighted by atomic mass is 32.2. The molecule has 11 heteroatoms. The third kappa shape index (κ3) is 4.24. The van der Waals surface area contributed by atoms with E-state index in [1.165, 1.54) is 33.5 Å². The van der Waals surface area contributed by atoms with Crippen molar-refractivity contribution < 1.29 is 32.1 Å². The highest BCUT2D eigenvalue weighted by Gasteiger charge is 2.22.